The van der Waals surface area contributed by atoms with Gasteiger partial charge >= 0.3 is 0 Å². The standard InChI is InChI=1S/C22H29FO5/c1-11-7-14-15-9-17(23)16-8-13(25)5-6-19(16,3)22(15,28)18(26)10-20(14,4)21(11,27)12(2)24/h5-6,8,11,14-15,17-18,26-28H,7,9-10H2,1-4H3/t11?,14-,15-,17?,18?,19-,20-,21-,22-/m0/s1. The first-order valence-corrected chi connectivity index (χ1v) is 10.1. The van der Waals surface area contributed by atoms with Crippen molar-refractivity contribution in [3.05, 3.63) is 23.8 Å². The number of halogens is 1. The van der Waals surface area contributed by atoms with Crippen LogP contribution in [0.25, 0.3) is 0 Å². The van der Waals surface area contributed by atoms with Crippen LogP contribution >= 0.6 is 0 Å². The molecule has 154 valence electrons. The minimum Gasteiger partial charge on any atom is -0.390 e. The number of hydrogen-bond donors (Lipinski definition) is 3. The van der Waals surface area contributed by atoms with Crippen molar-refractivity contribution in [3.63, 3.8) is 0 Å². The Morgan fingerprint density at radius 3 is 2.46 bits per heavy atom. The Kier molecular flexibility index (Phi) is 3.99. The molecule has 3 N–H and O–H groups in total. The molecule has 4 aliphatic rings. The SMILES string of the molecule is CC(=O)[C@@]1(O)C(C)C[C@H]2[C@@H]3CC(F)C4=CC(=O)C=C[C@]4(C)[C@@]3(O)C(O)C[C@@]21C. The normalized spacial score (nSPS) is 55.2. The number of fused-ring (bicyclic) bond motifs is 5. The Bertz CT molecular complexity index is 820. The highest BCUT2D eigenvalue weighted by molar-refractivity contribution is 6.01. The maximum absolute atomic E-state index is 15.3. The van der Waals surface area contributed by atoms with E-state index >= 15 is 4.39 Å². The molecule has 0 saturated heterocycles. The molecule has 28 heavy (non-hydrogen) atoms. The van der Waals surface area contributed by atoms with Crippen LogP contribution in [-0.4, -0.2) is 50.4 Å². The lowest BCUT2D eigenvalue weighted by Gasteiger charge is -2.64. The van der Waals surface area contributed by atoms with E-state index in [1.54, 1.807) is 20.8 Å². The van der Waals surface area contributed by atoms with Crippen molar-refractivity contribution < 1.29 is 29.3 Å². The summed E-state index contributed by atoms with van der Waals surface area (Å²) in [4.78, 5) is 24.3. The fourth-order valence-electron chi connectivity index (χ4n) is 7.33. The van der Waals surface area contributed by atoms with Crippen molar-refractivity contribution in [2.45, 2.75) is 70.4 Å². The first-order chi connectivity index (χ1) is 12.8. The molecule has 0 heterocycles. The van der Waals surface area contributed by atoms with Crippen molar-refractivity contribution in [2.24, 2.45) is 28.6 Å². The molecule has 3 unspecified atom stereocenters. The van der Waals surface area contributed by atoms with Crippen LogP contribution in [0.4, 0.5) is 4.39 Å². The van der Waals surface area contributed by atoms with E-state index in [0.29, 0.717) is 6.42 Å². The molecule has 0 aromatic rings. The van der Waals surface area contributed by atoms with Crippen LogP contribution in [0.2, 0.25) is 0 Å². The zero-order valence-electron chi connectivity index (χ0n) is 16.8. The summed E-state index contributed by atoms with van der Waals surface area (Å²) in [6.07, 6.45) is 1.84. The van der Waals surface area contributed by atoms with Gasteiger partial charge in [0.2, 0.25) is 0 Å². The molecule has 6 heteroatoms. The highest BCUT2D eigenvalue weighted by Crippen LogP contribution is 2.69. The minimum absolute atomic E-state index is 0.0344. The monoisotopic (exact) mass is 392 g/mol. The van der Waals surface area contributed by atoms with Crippen molar-refractivity contribution in [1.29, 1.82) is 0 Å². The fourth-order valence-corrected chi connectivity index (χ4v) is 7.33. The highest BCUT2D eigenvalue weighted by atomic mass is 19.1. The zero-order chi connectivity index (χ0) is 20.9. The number of alkyl halides is 1. The number of ketones is 2. The highest BCUT2D eigenvalue weighted by Gasteiger charge is 2.75. The van der Waals surface area contributed by atoms with E-state index in [-0.39, 0.29) is 41.8 Å². The fraction of sp³-hybridized carbons (Fsp3) is 0.727. The number of carbonyl (C=O) groups excluding carboxylic acids is 2. The Hall–Kier alpha value is -1.37. The average Bonchev–Trinajstić information content (AvgIpc) is 2.81. The maximum Gasteiger partial charge on any atom is 0.178 e. The molecule has 0 spiro atoms. The first-order valence-electron chi connectivity index (χ1n) is 10.1. The van der Waals surface area contributed by atoms with Gasteiger partial charge in [-0.15, -0.1) is 0 Å². The lowest BCUT2D eigenvalue weighted by atomic mass is 9.43. The van der Waals surface area contributed by atoms with E-state index in [1.165, 1.54) is 25.2 Å². The molecule has 0 radical (unpaired) electrons. The van der Waals surface area contributed by atoms with E-state index in [9.17, 15) is 24.9 Å². The maximum atomic E-state index is 15.3. The summed E-state index contributed by atoms with van der Waals surface area (Å²) in [5, 5.41) is 34.5. The topological polar surface area (TPSA) is 94.8 Å². The van der Waals surface area contributed by atoms with E-state index in [2.05, 4.69) is 0 Å². The summed E-state index contributed by atoms with van der Waals surface area (Å²) in [6.45, 7) is 6.61. The molecule has 4 aliphatic carbocycles. The van der Waals surface area contributed by atoms with Gasteiger partial charge in [0.05, 0.1) is 6.10 Å². The molecule has 4 rings (SSSR count). The smallest absolute Gasteiger partial charge is 0.178 e. The van der Waals surface area contributed by atoms with Gasteiger partial charge in [-0.2, -0.15) is 0 Å². The second kappa shape index (κ2) is 5.61. The summed E-state index contributed by atoms with van der Waals surface area (Å²) < 4.78 is 15.3. The summed E-state index contributed by atoms with van der Waals surface area (Å²) in [5.74, 6) is -2.02. The number of Topliss-reactive ketones (excluding diaryl/α,β-unsaturated/α-hetero) is 1. The lowest BCUT2D eigenvalue weighted by Crippen LogP contribution is -2.72. The predicted octanol–water partition coefficient (Wildman–Crippen LogP) is 1.89. The quantitative estimate of drug-likeness (QED) is 0.634. The molecule has 0 aliphatic heterocycles. The average molecular weight is 392 g/mol. The minimum atomic E-state index is -1.68. The predicted molar refractivity (Wildman–Crippen MR) is 99.9 cm³/mol. The number of aliphatic hydroxyl groups is 3. The molecule has 0 amide bonds. The van der Waals surface area contributed by atoms with Crippen LogP contribution in [0.1, 0.15) is 47.0 Å². The van der Waals surface area contributed by atoms with Crippen LogP contribution in [0, 0.1) is 28.6 Å². The number of rotatable bonds is 1. The van der Waals surface area contributed by atoms with Gasteiger partial charge in [-0.05, 0) is 68.6 Å². The van der Waals surface area contributed by atoms with Crippen LogP contribution in [-0.2, 0) is 9.59 Å². The molecular formula is C22H29FO5. The van der Waals surface area contributed by atoms with Crippen LogP contribution in [0.5, 0.6) is 0 Å². The summed E-state index contributed by atoms with van der Waals surface area (Å²) in [7, 11) is 0. The van der Waals surface area contributed by atoms with Gasteiger partial charge in [0.15, 0.2) is 11.6 Å². The molecule has 5 nitrogen and oxygen atoms in total. The first kappa shape index (κ1) is 19.9. The van der Waals surface area contributed by atoms with Gasteiger partial charge in [0, 0.05) is 10.8 Å². The summed E-state index contributed by atoms with van der Waals surface area (Å²) in [6, 6.07) is 0. The number of aliphatic hydroxyl groups excluding tert-OH is 1. The summed E-state index contributed by atoms with van der Waals surface area (Å²) in [5.41, 5.74) is -5.27. The van der Waals surface area contributed by atoms with Gasteiger partial charge < -0.3 is 15.3 Å². The van der Waals surface area contributed by atoms with Crippen LogP contribution < -0.4 is 0 Å². The van der Waals surface area contributed by atoms with Crippen molar-refractivity contribution in [1.82, 2.24) is 0 Å². The molecule has 3 fully saturated rings. The van der Waals surface area contributed by atoms with Gasteiger partial charge in [0.25, 0.3) is 0 Å². The molecule has 0 bridgehead atoms. The number of allylic oxidation sites excluding steroid dienone is 2. The van der Waals surface area contributed by atoms with Crippen LogP contribution in [0.3, 0.4) is 0 Å². The third-order valence-corrected chi connectivity index (χ3v) is 8.83. The second-order valence-electron chi connectivity index (χ2n) is 9.88. The Morgan fingerprint density at radius 1 is 1.21 bits per heavy atom. The Balaban J connectivity index is 1.88. The van der Waals surface area contributed by atoms with Crippen LogP contribution in [0.15, 0.2) is 23.8 Å². The zero-order valence-corrected chi connectivity index (χ0v) is 16.8. The largest absolute Gasteiger partial charge is 0.390 e. The van der Waals surface area contributed by atoms with E-state index < -0.39 is 40.2 Å². The van der Waals surface area contributed by atoms with Gasteiger partial charge in [-0.3, -0.25) is 9.59 Å². The number of hydrogen-bond acceptors (Lipinski definition) is 5. The molecule has 0 aromatic heterocycles. The van der Waals surface area contributed by atoms with E-state index in [0.717, 1.165) is 0 Å². The van der Waals surface area contributed by atoms with E-state index in [1.807, 2.05) is 0 Å². The molecular weight excluding hydrogens is 363 g/mol. The van der Waals surface area contributed by atoms with Gasteiger partial charge in [0.1, 0.15) is 17.4 Å². The Morgan fingerprint density at radius 2 is 1.86 bits per heavy atom. The van der Waals surface area contributed by atoms with Crippen molar-refractivity contribution >= 4 is 11.6 Å². The van der Waals surface area contributed by atoms with Crippen molar-refractivity contribution in [3.8, 4) is 0 Å². The third-order valence-electron chi connectivity index (χ3n) is 8.83. The number of carbonyl (C=O) groups is 2. The third kappa shape index (κ3) is 1.97. The van der Waals surface area contributed by atoms with E-state index in [4.69, 9.17) is 0 Å². The Labute approximate surface area is 164 Å². The lowest BCUT2D eigenvalue weighted by molar-refractivity contribution is -0.253. The molecule has 3 saturated carbocycles. The molecule has 9 atom stereocenters. The van der Waals surface area contributed by atoms with Gasteiger partial charge in [-0.25, -0.2) is 4.39 Å². The second-order valence-corrected chi connectivity index (χ2v) is 9.88. The van der Waals surface area contributed by atoms with Crippen molar-refractivity contribution in [2.75, 3.05) is 0 Å². The molecule has 0 aromatic carbocycles. The summed E-state index contributed by atoms with van der Waals surface area (Å²) >= 11 is 0. The van der Waals surface area contributed by atoms with Gasteiger partial charge in [-0.1, -0.05) is 19.9 Å².